The molecule has 6 nitrogen and oxygen atoms in total. The number of aromatic nitrogens is 2. The summed E-state index contributed by atoms with van der Waals surface area (Å²) in [5.41, 5.74) is 1.86. The summed E-state index contributed by atoms with van der Waals surface area (Å²) in [6.45, 7) is 1.93. The Kier molecular flexibility index (Phi) is 6.40. The van der Waals surface area contributed by atoms with Crippen LogP contribution in [0.4, 0.5) is 4.39 Å². The highest BCUT2D eigenvalue weighted by Gasteiger charge is 2.25. The maximum Gasteiger partial charge on any atom is 0.255 e. The first-order valence-electron chi connectivity index (χ1n) is 10.5. The van der Waals surface area contributed by atoms with Crippen molar-refractivity contribution < 1.29 is 14.0 Å². The number of nitrogens with zero attached hydrogens (tertiary/aromatic N) is 3. The molecule has 0 atom stereocenters. The number of likely N-dealkylation sites (tertiary alicyclic amines) is 1. The number of halogens is 1. The van der Waals surface area contributed by atoms with Gasteiger partial charge in [0.1, 0.15) is 0 Å². The Morgan fingerprint density at radius 3 is 2.55 bits per heavy atom. The molecule has 3 aromatic rings. The molecule has 0 bridgehead atoms. The largest absolute Gasteiger partial charge is 0.352 e. The normalized spacial score (nSPS) is 14.4. The number of benzene rings is 1. The predicted octanol–water partition coefficient (Wildman–Crippen LogP) is 3.68. The molecule has 0 spiro atoms. The molecule has 1 aliphatic rings. The molecule has 7 heteroatoms. The van der Waals surface area contributed by atoms with E-state index >= 15 is 0 Å². The Bertz CT molecular complexity index is 1040. The average molecular weight is 420 g/mol. The van der Waals surface area contributed by atoms with Crippen LogP contribution in [-0.4, -0.2) is 45.9 Å². The van der Waals surface area contributed by atoms with E-state index in [0.717, 1.165) is 31.0 Å². The van der Waals surface area contributed by atoms with Gasteiger partial charge in [-0.3, -0.25) is 9.59 Å². The van der Waals surface area contributed by atoms with Gasteiger partial charge in [0.25, 0.3) is 11.8 Å². The first-order chi connectivity index (χ1) is 15.1. The summed E-state index contributed by atoms with van der Waals surface area (Å²) in [4.78, 5) is 30.6. The number of carbonyl (C=O) groups excluding carboxylic acids is 2. The lowest BCUT2D eigenvalue weighted by molar-refractivity contribution is 0.0687. The van der Waals surface area contributed by atoms with Crippen LogP contribution in [0.15, 0.2) is 67.1 Å². The summed E-state index contributed by atoms with van der Waals surface area (Å²) in [6, 6.07) is 14.2. The van der Waals surface area contributed by atoms with Crippen molar-refractivity contribution in [1.82, 2.24) is 19.8 Å². The number of amides is 2. The first kappa shape index (κ1) is 20.8. The Morgan fingerprint density at radius 2 is 1.81 bits per heavy atom. The number of hydrogen-bond acceptors (Lipinski definition) is 3. The number of para-hydroxylation sites is 1. The Morgan fingerprint density at radius 1 is 1.06 bits per heavy atom. The SMILES string of the molecule is O=C(NCCC1CCN(C(=O)c2ccccc2-n2cccc2)CC1)c1ccnc(F)c1. The minimum atomic E-state index is -0.664. The van der Waals surface area contributed by atoms with Crippen molar-refractivity contribution in [2.75, 3.05) is 19.6 Å². The zero-order valence-corrected chi connectivity index (χ0v) is 17.2. The molecule has 31 heavy (non-hydrogen) atoms. The molecule has 0 unspecified atom stereocenters. The summed E-state index contributed by atoms with van der Waals surface area (Å²) >= 11 is 0. The summed E-state index contributed by atoms with van der Waals surface area (Å²) in [5, 5.41) is 2.84. The van der Waals surface area contributed by atoms with E-state index in [-0.39, 0.29) is 17.4 Å². The van der Waals surface area contributed by atoms with E-state index in [1.54, 1.807) is 0 Å². The molecule has 1 aromatic carbocycles. The van der Waals surface area contributed by atoms with Gasteiger partial charge in [-0.2, -0.15) is 4.39 Å². The Labute approximate surface area is 180 Å². The van der Waals surface area contributed by atoms with Gasteiger partial charge in [0.05, 0.1) is 11.3 Å². The molecule has 0 saturated carbocycles. The molecule has 2 aromatic heterocycles. The second-order valence-corrected chi connectivity index (χ2v) is 7.75. The number of hydrogen-bond donors (Lipinski definition) is 1. The molecule has 2 amide bonds. The maximum atomic E-state index is 13.1. The third-order valence-electron chi connectivity index (χ3n) is 5.75. The van der Waals surface area contributed by atoms with Gasteiger partial charge in [0.15, 0.2) is 0 Å². The average Bonchev–Trinajstić information content (AvgIpc) is 3.34. The van der Waals surface area contributed by atoms with Gasteiger partial charge in [-0.15, -0.1) is 0 Å². The van der Waals surface area contributed by atoms with E-state index in [4.69, 9.17) is 0 Å². The smallest absolute Gasteiger partial charge is 0.255 e. The van der Waals surface area contributed by atoms with Crippen molar-refractivity contribution in [3.63, 3.8) is 0 Å². The van der Waals surface area contributed by atoms with Crippen LogP contribution in [0, 0.1) is 11.9 Å². The van der Waals surface area contributed by atoms with E-state index in [2.05, 4.69) is 10.3 Å². The van der Waals surface area contributed by atoms with Gasteiger partial charge < -0.3 is 14.8 Å². The number of piperidine rings is 1. The summed E-state index contributed by atoms with van der Waals surface area (Å²) in [7, 11) is 0. The van der Waals surface area contributed by atoms with Crippen molar-refractivity contribution in [2.45, 2.75) is 19.3 Å². The van der Waals surface area contributed by atoms with Gasteiger partial charge in [0, 0.05) is 49.9 Å². The highest BCUT2D eigenvalue weighted by molar-refractivity contribution is 5.98. The number of rotatable bonds is 6. The Hall–Kier alpha value is -3.48. The Balaban J connectivity index is 1.27. The van der Waals surface area contributed by atoms with E-state index in [9.17, 15) is 14.0 Å². The maximum absolute atomic E-state index is 13.1. The van der Waals surface area contributed by atoms with Crippen LogP contribution in [0.2, 0.25) is 0 Å². The van der Waals surface area contributed by atoms with Crippen LogP contribution in [0.25, 0.3) is 5.69 Å². The molecule has 0 radical (unpaired) electrons. The standard InChI is InChI=1S/C24H25FN4O2/c25-22-17-19(8-12-26-22)23(30)27-11-7-18-9-15-29(16-10-18)24(31)20-5-1-2-6-21(20)28-13-3-4-14-28/h1-6,8,12-14,17-18H,7,9-11,15-16H2,(H,27,30). The van der Waals surface area contributed by atoms with Gasteiger partial charge in [-0.05, 0) is 55.5 Å². The lowest BCUT2D eigenvalue weighted by Crippen LogP contribution is -2.39. The van der Waals surface area contributed by atoms with Crippen LogP contribution in [-0.2, 0) is 0 Å². The highest BCUT2D eigenvalue weighted by Crippen LogP contribution is 2.23. The summed E-state index contributed by atoms with van der Waals surface area (Å²) < 4.78 is 15.1. The number of carbonyl (C=O) groups is 2. The van der Waals surface area contributed by atoms with Crippen LogP contribution in [0.5, 0.6) is 0 Å². The van der Waals surface area contributed by atoms with Crippen molar-refractivity contribution >= 4 is 11.8 Å². The van der Waals surface area contributed by atoms with Crippen LogP contribution in [0.1, 0.15) is 40.0 Å². The quantitative estimate of drug-likeness (QED) is 0.619. The van der Waals surface area contributed by atoms with Crippen molar-refractivity contribution in [3.8, 4) is 5.69 Å². The van der Waals surface area contributed by atoms with Gasteiger partial charge >= 0.3 is 0 Å². The summed E-state index contributed by atoms with van der Waals surface area (Å²) in [5.74, 6) is -0.465. The molecule has 160 valence electrons. The van der Waals surface area contributed by atoms with Crippen LogP contribution >= 0.6 is 0 Å². The fourth-order valence-corrected chi connectivity index (χ4v) is 4.01. The molecule has 1 N–H and O–H groups in total. The van der Waals surface area contributed by atoms with Gasteiger partial charge in [0.2, 0.25) is 5.95 Å². The monoisotopic (exact) mass is 420 g/mol. The molecule has 0 aliphatic carbocycles. The number of pyridine rings is 1. The lowest BCUT2D eigenvalue weighted by atomic mass is 9.93. The number of nitrogens with one attached hydrogen (secondary N) is 1. The van der Waals surface area contributed by atoms with Crippen molar-refractivity contribution in [1.29, 1.82) is 0 Å². The summed E-state index contributed by atoms with van der Waals surface area (Å²) in [6.07, 6.45) is 7.79. The third kappa shape index (κ3) is 4.99. The molecular weight excluding hydrogens is 395 g/mol. The molecule has 1 saturated heterocycles. The molecule has 1 fully saturated rings. The minimum Gasteiger partial charge on any atom is -0.352 e. The molecule has 1 aliphatic heterocycles. The second-order valence-electron chi connectivity index (χ2n) is 7.75. The zero-order chi connectivity index (χ0) is 21.6. The van der Waals surface area contributed by atoms with Crippen molar-refractivity contribution in [3.05, 3.63) is 84.2 Å². The van der Waals surface area contributed by atoms with Crippen LogP contribution in [0.3, 0.4) is 0 Å². The predicted molar refractivity (Wildman–Crippen MR) is 116 cm³/mol. The van der Waals surface area contributed by atoms with E-state index in [1.807, 2.05) is 58.3 Å². The molecule has 4 rings (SSSR count). The van der Waals surface area contributed by atoms with Crippen LogP contribution < -0.4 is 5.32 Å². The lowest BCUT2D eigenvalue weighted by Gasteiger charge is -2.32. The van der Waals surface area contributed by atoms with Gasteiger partial charge in [-0.1, -0.05) is 12.1 Å². The van der Waals surface area contributed by atoms with E-state index in [1.165, 1.54) is 12.3 Å². The molecular formula is C24H25FN4O2. The fourth-order valence-electron chi connectivity index (χ4n) is 4.01. The van der Waals surface area contributed by atoms with Gasteiger partial charge in [-0.25, -0.2) is 4.98 Å². The topological polar surface area (TPSA) is 67.2 Å². The fraction of sp³-hybridized carbons (Fsp3) is 0.292. The third-order valence-corrected chi connectivity index (χ3v) is 5.75. The second kappa shape index (κ2) is 9.55. The highest BCUT2D eigenvalue weighted by atomic mass is 19.1. The molecule has 3 heterocycles. The minimum absolute atomic E-state index is 0.0516. The van der Waals surface area contributed by atoms with E-state index in [0.29, 0.717) is 31.1 Å². The zero-order valence-electron chi connectivity index (χ0n) is 17.2. The van der Waals surface area contributed by atoms with E-state index < -0.39 is 5.95 Å². The first-order valence-corrected chi connectivity index (χ1v) is 10.5. The van der Waals surface area contributed by atoms with Crippen molar-refractivity contribution in [2.24, 2.45) is 5.92 Å².